The van der Waals surface area contributed by atoms with Crippen LogP contribution in [0.2, 0.25) is 0 Å². The van der Waals surface area contributed by atoms with Crippen LogP contribution in [-0.4, -0.2) is 52.4 Å². The molecular formula is C24H28N4O4. The first-order valence-corrected chi connectivity index (χ1v) is 10.8. The van der Waals surface area contributed by atoms with Crippen molar-refractivity contribution in [3.05, 3.63) is 70.4 Å². The van der Waals surface area contributed by atoms with Crippen LogP contribution in [0, 0.1) is 12.8 Å². The zero-order chi connectivity index (χ0) is 22.5. The van der Waals surface area contributed by atoms with Crippen molar-refractivity contribution < 1.29 is 14.3 Å². The number of piperidine rings is 1. The second kappa shape index (κ2) is 9.72. The Bertz CT molecular complexity index is 1110. The van der Waals surface area contributed by atoms with Crippen LogP contribution >= 0.6 is 0 Å². The third-order valence-electron chi connectivity index (χ3n) is 5.96. The van der Waals surface area contributed by atoms with Gasteiger partial charge in [-0.2, -0.15) is 5.10 Å². The second-order valence-electron chi connectivity index (χ2n) is 8.06. The lowest BCUT2D eigenvalue weighted by molar-refractivity contribution is -0.134. The number of carbonyl (C=O) groups is 1. The number of hydrogen-bond acceptors (Lipinski definition) is 5. The van der Waals surface area contributed by atoms with Gasteiger partial charge in [-0.05, 0) is 61.6 Å². The minimum Gasteiger partial charge on any atom is -0.497 e. The van der Waals surface area contributed by atoms with E-state index in [4.69, 9.17) is 9.47 Å². The maximum absolute atomic E-state index is 12.6. The lowest BCUT2D eigenvalue weighted by Crippen LogP contribution is -2.41. The Balaban J connectivity index is 1.31. The summed E-state index contributed by atoms with van der Waals surface area (Å²) >= 11 is 0. The molecule has 168 valence electrons. The standard InChI is InChI=1S/C24H28N4O4/c1-17-5-3-4-6-21(17)28-22(25-26-24(28)30)15-18-11-13-27(14-12-18)23(29)16-32-20-9-7-19(31-2)8-10-20/h3-10,18H,11-16H2,1-2H3,(H,26,30). The molecule has 1 saturated heterocycles. The molecule has 1 N–H and O–H groups in total. The molecule has 0 saturated carbocycles. The molecule has 2 heterocycles. The molecule has 2 aromatic carbocycles. The summed E-state index contributed by atoms with van der Waals surface area (Å²) in [6.45, 7) is 3.35. The Hall–Kier alpha value is -3.55. The summed E-state index contributed by atoms with van der Waals surface area (Å²) in [5.74, 6) is 2.46. The van der Waals surface area contributed by atoms with Gasteiger partial charge in [0.15, 0.2) is 6.61 Å². The number of aromatic amines is 1. The van der Waals surface area contributed by atoms with Crippen LogP contribution in [0.5, 0.6) is 11.5 Å². The highest BCUT2D eigenvalue weighted by molar-refractivity contribution is 5.77. The van der Waals surface area contributed by atoms with Gasteiger partial charge < -0.3 is 14.4 Å². The van der Waals surface area contributed by atoms with E-state index >= 15 is 0 Å². The van der Waals surface area contributed by atoms with Gasteiger partial charge >= 0.3 is 5.69 Å². The number of methoxy groups -OCH3 is 1. The minimum absolute atomic E-state index is 0.0171. The number of nitrogens with zero attached hydrogens (tertiary/aromatic N) is 3. The number of benzene rings is 2. The molecule has 0 radical (unpaired) electrons. The SMILES string of the molecule is COc1ccc(OCC(=O)N2CCC(Cc3n[nH]c(=O)n3-c3ccccc3C)CC2)cc1. The van der Waals surface area contributed by atoms with E-state index in [0.29, 0.717) is 31.2 Å². The summed E-state index contributed by atoms with van der Waals surface area (Å²) < 4.78 is 12.4. The van der Waals surface area contributed by atoms with Crippen LogP contribution < -0.4 is 15.2 Å². The molecule has 1 amide bonds. The first kappa shape index (κ1) is 21.7. The molecule has 8 heteroatoms. The fourth-order valence-corrected chi connectivity index (χ4v) is 4.08. The van der Waals surface area contributed by atoms with E-state index < -0.39 is 0 Å². The van der Waals surface area contributed by atoms with Gasteiger partial charge in [-0.25, -0.2) is 14.5 Å². The maximum atomic E-state index is 12.6. The monoisotopic (exact) mass is 436 g/mol. The Kier molecular flexibility index (Phi) is 6.58. The fourth-order valence-electron chi connectivity index (χ4n) is 4.08. The average molecular weight is 437 g/mol. The summed E-state index contributed by atoms with van der Waals surface area (Å²) in [4.78, 5) is 26.8. The van der Waals surface area contributed by atoms with Crippen molar-refractivity contribution in [1.82, 2.24) is 19.7 Å². The molecule has 8 nitrogen and oxygen atoms in total. The van der Waals surface area contributed by atoms with Crippen molar-refractivity contribution in [2.45, 2.75) is 26.2 Å². The molecule has 1 fully saturated rings. The van der Waals surface area contributed by atoms with Crippen LogP contribution in [0.4, 0.5) is 0 Å². The predicted octanol–water partition coefficient (Wildman–Crippen LogP) is 2.74. The topological polar surface area (TPSA) is 89.5 Å². The van der Waals surface area contributed by atoms with Crippen LogP contribution in [0.15, 0.2) is 53.3 Å². The van der Waals surface area contributed by atoms with Gasteiger partial charge in [0.2, 0.25) is 0 Å². The van der Waals surface area contributed by atoms with Gasteiger partial charge in [-0.1, -0.05) is 18.2 Å². The second-order valence-corrected chi connectivity index (χ2v) is 8.06. The molecule has 1 aliphatic heterocycles. The van der Waals surface area contributed by atoms with Gasteiger partial charge in [0, 0.05) is 19.5 Å². The van der Waals surface area contributed by atoms with E-state index in [-0.39, 0.29) is 18.2 Å². The highest BCUT2D eigenvalue weighted by atomic mass is 16.5. The summed E-state index contributed by atoms with van der Waals surface area (Å²) in [5.41, 5.74) is 1.65. The third kappa shape index (κ3) is 4.85. The van der Waals surface area contributed by atoms with Crippen molar-refractivity contribution in [1.29, 1.82) is 0 Å². The van der Waals surface area contributed by atoms with E-state index in [2.05, 4.69) is 10.2 Å². The number of aromatic nitrogens is 3. The van der Waals surface area contributed by atoms with Crippen LogP contribution in [0.3, 0.4) is 0 Å². The first-order valence-electron chi connectivity index (χ1n) is 10.8. The van der Waals surface area contributed by atoms with E-state index in [1.807, 2.05) is 36.1 Å². The van der Waals surface area contributed by atoms with Crippen molar-refractivity contribution >= 4 is 5.91 Å². The molecule has 1 aromatic heterocycles. The Morgan fingerprint density at radius 2 is 1.78 bits per heavy atom. The average Bonchev–Trinajstić information content (AvgIpc) is 3.18. The highest BCUT2D eigenvalue weighted by Crippen LogP contribution is 2.23. The molecule has 0 bridgehead atoms. The number of amides is 1. The van der Waals surface area contributed by atoms with Crippen molar-refractivity contribution in [2.75, 3.05) is 26.8 Å². The lowest BCUT2D eigenvalue weighted by Gasteiger charge is -2.31. The number of H-pyrrole nitrogens is 1. The van der Waals surface area contributed by atoms with Crippen molar-refractivity contribution in [2.24, 2.45) is 5.92 Å². The number of rotatable bonds is 7. The van der Waals surface area contributed by atoms with Gasteiger partial charge in [-0.3, -0.25) is 4.79 Å². The number of aryl methyl sites for hydroxylation is 1. The number of para-hydroxylation sites is 1. The summed E-state index contributed by atoms with van der Waals surface area (Å²) in [6, 6.07) is 15.0. The number of nitrogens with one attached hydrogen (secondary N) is 1. The number of likely N-dealkylation sites (tertiary alicyclic amines) is 1. The molecule has 0 unspecified atom stereocenters. The van der Waals surface area contributed by atoms with Gasteiger partial charge in [0.1, 0.15) is 17.3 Å². The fraction of sp³-hybridized carbons (Fsp3) is 0.375. The molecule has 3 aromatic rings. The number of carbonyl (C=O) groups excluding carboxylic acids is 1. The van der Waals surface area contributed by atoms with E-state index in [1.165, 1.54) is 0 Å². The quantitative estimate of drug-likeness (QED) is 0.615. The molecule has 4 rings (SSSR count). The summed E-state index contributed by atoms with van der Waals surface area (Å²) in [5, 5.41) is 6.86. The zero-order valence-corrected chi connectivity index (χ0v) is 18.4. The number of ether oxygens (including phenoxy) is 2. The van der Waals surface area contributed by atoms with E-state index in [9.17, 15) is 9.59 Å². The largest absolute Gasteiger partial charge is 0.497 e. The Morgan fingerprint density at radius 3 is 2.47 bits per heavy atom. The predicted molar refractivity (Wildman–Crippen MR) is 120 cm³/mol. The third-order valence-corrected chi connectivity index (χ3v) is 5.96. The molecule has 0 aliphatic carbocycles. The van der Waals surface area contributed by atoms with E-state index in [1.54, 1.807) is 35.9 Å². The molecule has 0 atom stereocenters. The van der Waals surface area contributed by atoms with Gasteiger partial charge in [-0.15, -0.1) is 0 Å². The van der Waals surface area contributed by atoms with Crippen molar-refractivity contribution in [3.63, 3.8) is 0 Å². The van der Waals surface area contributed by atoms with Crippen LogP contribution in [0.25, 0.3) is 5.69 Å². The zero-order valence-electron chi connectivity index (χ0n) is 18.4. The molecular weight excluding hydrogens is 408 g/mol. The molecule has 0 spiro atoms. The summed E-state index contributed by atoms with van der Waals surface area (Å²) in [7, 11) is 1.61. The lowest BCUT2D eigenvalue weighted by atomic mass is 9.93. The molecule has 32 heavy (non-hydrogen) atoms. The first-order chi connectivity index (χ1) is 15.5. The van der Waals surface area contributed by atoms with Crippen molar-refractivity contribution in [3.8, 4) is 17.2 Å². The van der Waals surface area contributed by atoms with Crippen LogP contribution in [-0.2, 0) is 11.2 Å². The normalized spacial score (nSPS) is 14.4. The highest BCUT2D eigenvalue weighted by Gasteiger charge is 2.25. The minimum atomic E-state index is -0.224. The molecule has 1 aliphatic rings. The smallest absolute Gasteiger partial charge is 0.347 e. The van der Waals surface area contributed by atoms with Gasteiger partial charge in [0.25, 0.3) is 5.91 Å². The van der Waals surface area contributed by atoms with Gasteiger partial charge in [0.05, 0.1) is 12.8 Å². The number of hydrogen-bond donors (Lipinski definition) is 1. The Labute approximate surface area is 186 Å². The van der Waals surface area contributed by atoms with E-state index in [0.717, 1.165) is 35.7 Å². The Morgan fingerprint density at radius 1 is 1.09 bits per heavy atom. The van der Waals surface area contributed by atoms with Crippen LogP contribution in [0.1, 0.15) is 24.2 Å². The maximum Gasteiger partial charge on any atom is 0.347 e. The summed E-state index contributed by atoms with van der Waals surface area (Å²) in [6.07, 6.45) is 2.42.